The highest BCUT2D eigenvalue weighted by Crippen LogP contribution is 2.41. The summed E-state index contributed by atoms with van der Waals surface area (Å²) >= 11 is 18.6. The number of halogens is 4. The lowest BCUT2D eigenvalue weighted by molar-refractivity contribution is 0.579. The van der Waals surface area contributed by atoms with E-state index in [1.54, 1.807) is 35.3 Å². The van der Waals surface area contributed by atoms with E-state index in [0.717, 1.165) is 11.3 Å². The first-order valence-electron chi connectivity index (χ1n) is 8.35. The molecular weight excluding hydrogens is 406 g/mol. The van der Waals surface area contributed by atoms with E-state index in [1.807, 2.05) is 30.3 Å². The number of rotatable bonds is 3. The zero-order valence-corrected chi connectivity index (χ0v) is 16.3. The molecule has 6 heteroatoms. The van der Waals surface area contributed by atoms with Crippen molar-refractivity contribution in [1.29, 1.82) is 0 Å². The minimum Gasteiger partial charge on any atom is -0.256 e. The molecule has 3 aromatic carbocycles. The summed E-state index contributed by atoms with van der Waals surface area (Å²) in [6.07, 6.45) is 0.533. The summed E-state index contributed by atoms with van der Waals surface area (Å²) < 4.78 is 14.5. The molecule has 0 bridgehead atoms. The maximum atomic E-state index is 14.5. The Bertz CT molecular complexity index is 1020. The highest BCUT2D eigenvalue weighted by Gasteiger charge is 2.32. The Morgan fingerprint density at radius 3 is 2.33 bits per heavy atom. The first kappa shape index (κ1) is 18.3. The van der Waals surface area contributed by atoms with E-state index in [-0.39, 0.29) is 11.9 Å². The quantitative estimate of drug-likeness (QED) is 0.440. The van der Waals surface area contributed by atoms with Crippen LogP contribution < -0.4 is 5.01 Å². The van der Waals surface area contributed by atoms with Crippen LogP contribution in [0.3, 0.4) is 0 Å². The van der Waals surface area contributed by atoms with Gasteiger partial charge in [0.05, 0.1) is 22.5 Å². The Hall–Kier alpha value is -2.07. The minimum atomic E-state index is -0.326. The van der Waals surface area contributed by atoms with E-state index in [0.29, 0.717) is 32.7 Å². The largest absolute Gasteiger partial charge is 0.256 e. The third-order valence-corrected chi connectivity index (χ3v) is 5.31. The molecule has 0 saturated heterocycles. The van der Waals surface area contributed by atoms with Crippen molar-refractivity contribution in [3.05, 3.63) is 98.7 Å². The van der Waals surface area contributed by atoms with Crippen molar-refractivity contribution < 1.29 is 4.39 Å². The van der Waals surface area contributed by atoms with Crippen LogP contribution in [0.25, 0.3) is 0 Å². The molecule has 1 heterocycles. The van der Waals surface area contributed by atoms with Gasteiger partial charge < -0.3 is 0 Å². The Kier molecular flexibility index (Phi) is 5.09. The van der Waals surface area contributed by atoms with Crippen molar-refractivity contribution in [2.45, 2.75) is 12.5 Å². The first-order chi connectivity index (χ1) is 13.0. The molecule has 27 heavy (non-hydrogen) atoms. The first-order valence-corrected chi connectivity index (χ1v) is 9.48. The molecule has 0 aromatic heterocycles. The minimum absolute atomic E-state index is 0.279. The Morgan fingerprint density at radius 2 is 1.59 bits per heavy atom. The van der Waals surface area contributed by atoms with Crippen molar-refractivity contribution in [2.75, 3.05) is 5.01 Å². The number of hydrazone groups is 1. The van der Waals surface area contributed by atoms with Crippen molar-refractivity contribution in [3.8, 4) is 0 Å². The molecule has 0 saturated carbocycles. The summed E-state index contributed by atoms with van der Waals surface area (Å²) in [5.74, 6) is -0.279. The average Bonchev–Trinajstić information content (AvgIpc) is 3.09. The molecule has 1 aliphatic rings. The van der Waals surface area contributed by atoms with Crippen LogP contribution in [0.1, 0.15) is 23.6 Å². The Morgan fingerprint density at radius 1 is 0.889 bits per heavy atom. The molecule has 0 amide bonds. The lowest BCUT2D eigenvalue weighted by atomic mass is 9.98. The maximum Gasteiger partial charge on any atom is 0.128 e. The van der Waals surface area contributed by atoms with Crippen LogP contribution in [0, 0.1) is 5.82 Å². The molecule has 1 aliphatic heterocycles. The molecule has 0 unspecified atom stereocenters. The Labute approximate surface area is 171 Å². The van der Waals surface area contributed by atoms with E-state index in [2.05, 4.69) is 0 Å². The molecule has 0 aliphatic carbocycles. The van der Waals surface area contributed by atoms with E-state index in [4.69, 9.17) is 39.9 Å². The highest BCUT2D eigenvalue weighted by molar-refractivity contribution is 6.35. The molecule has 2 nitrogen and oxygen atoms in total. The van der Waals surface area contributed by atoms with Crippen LogP contribution >= 0.6 is 34.8 Å². The van der Waals surface area contributed by atoms with Crippen molar-refractivity contribution in [1.82, 2.24) is 0 Å². The van der Waals surface area contributed by atoms with Crippen LogP contribution in [0.5, 0.6) is 0 Å². The topological polar surface area (TPSA) is 15.6 Å². The van der Waals surface area contributed by atoms with Gasteiger partial charge in [-0.1, -0.05) is 65.1 Å². The van der Waals surface area contributed by atoms with Gasteiger partial charge in [0, 0.05) is 22.0 Å². The smallest absolute Gasteiger partial charge is 0.128 e. The molecule has 4 rings (SSSR count). The van der Waals surface area contributed by atoms with E-state index < -0.39 is 0 Å². The molecule has 0 N–H and O–H groups in total. The normalized spacial score (nSPS) is 16.5. The van der Waals surface area contributed by atoms with Gasteiger partial charge in [0.25, 0.3) is 0 Å². The highest BCUT2D eigenvalue weighted by atomic mass is 35.5. The lowest BCUT2D eigenvalue weighted by Gasteiger charge is -2.25. The van der Waals surface area contributed by atoms with Gasteiger partial charge in [-0.25, -0.2) is 4.39 Å². The third kappa shape index (κ3) is 3.68. The monoisotopic (exact) mass is 418 g/mol. The summed E-state index contributed by atoms with van der Waals surface area (Å²) in [4.78, 5) is 0. The second-order valence-corrected chi connectivity index (χ2v) is 7.52. The van der Waals surface area contributed by atoms with Gasteiger partial charge in [-0.2, -0.15) is 5.10 Å². The van der Waals surface area contributed by atoms with Crippen LogP contribution in [-0.2, 0) is 0 Å². The summed E-state index contributed by atoms with van der Waals surface area (Å²) in [7, 11) is 0. The standard InChI is InChI=1S/C21H14Cl3FN2/c22-14-7-5-13(6-8-14)19-12-20(16-3-1-2-4-18(16)25)27(26-19)21-11-15(23)9-10-17(21)24/h1-11,20H,12H2/t20-/m1/s1. The van der Waals surface area contributed by atoms with Gasteiger partial charge in [-0.05, 0) is 42.0 Å². The number of anilines is 1. The summed E-state index contributed by atoms with van der Waals surface area (Å²) in [6, 6.07) is 19.0. The number of benzene rings is 3. The molecule has 3 aromatic rings. The second kappa shape index (κ2) is 7.51. The number of hydrogen-bond donors (Lipinski definition) is 0. The van der Waals surface area contributed by atoms with Crippen LogP contribution in [0.2, 0.25) is 15.1 Å². The maximum absolute atomic E-state index is 14.5. The van der Waals surface area contributed by atoms with Crippen LogP contribution in [0.15, 0.2) is 71.8 Å². The van der Waals surface area contributed by atoms with E-state index >= 15 is 0 Å². The molecule has 0 spiro atoms. The number of nitrogens with zero attached hydrogens (tertiary/aromatic N) is 2. The van der Waals surface area contributed by atoms with E-state index in [9.17, 15) is 4.39 Å². The van der Waals surface area contributed by atoms with Crippen molar-refractivity contribution >= 4 is 46.2 Å². The summed E-state index contributed by atoms with van der Waals surface area (Å²) in [5, 5.41) is 8.19. The summed E-state index contributed by atoms with van der Waals surface area (Å²) in [6.45, 7) is 0. The average molecular weight is 420 g/mol. The van der Waals surface area contributed by atoms with E-state index in [1.165, 1.54) is 6.07 Å². The van der Waals surface area contributed by atoms with Crippen molar-refractivity contribution in [2.24, 2.45) is 5.10 Å². The predicted molar refractivity (Wildman–Crippen MR) is 111 cm³/mol. The van der Waals surface area contributed by atoms with Gasteiger partial charge in [-0.3, -0.25) is 5.01 Å². The fourth-order valence-electron chi connectivity index (χ4n) is 3.20. The predicted octanol–water partition coefficient (Wildman–Crippen LogP) is 7.14. The van der Waals surface area contributed by atoms with Gasteiger partial charge in [-0.15, -0.1) is 0 Å². The fraction of sp³-hybridized carbons (Fsp3) is 0.0952. The van der Waals surface area contributed by atoms with Gasteiger partial charge in [0.2, 0.25) is 0 Å². The fourth-order valence-corrected chi connectivity index (χ4v) is 3.69. The van der Waals surface area contributed by atoms with Gasteiger partial charge in [0.15, 0.2) is 0 Å². The zero-order valence-electron chi connectivity index (χ0n) is 14.0. The van der Waals surface area contributed by atoms with Crippen molar-refractivity contribution in [3.63, 3.8) is 0 Å². The van der Waals surface area contributed by atoms with Crippen LogP contribution in [0.4, 0.5) is 10.1 Å². The number of hydrogen-bond acceptors (Lipinski definition) is 2. The zero-order chi connectivity index (χ0) is 19.0. The molecular formula is C21H14Cl3FN2. The molecule has 1 atom stereocenters. The van der Waals surface area contributed by atoms with Gasteiger partial charge in [0.1, 0.15) is 5.82 Å². The molecule has 136 valence electrons. The summed E-state index contributed by atoms with van der Waals surface area (Å²) in [5.41, 5.74) is 2.96. The lowest BCUT2D eigenvalue weighted by Crippen LogP contribution is -2.20. The Balaban J connectivity index is 1.82. The van der Waals surface area contributed by atoms with Crippen LogP contribution in [-0.4, -0.2) is 5.71 Å². The molecule has 0 fully saturated rings. The second-order valence-electron chi connectivity index (χ2n) is 6.24. The SMILES string of the molecule is Fc1ccccc1[C@H]1CC(c2ccc(Cl)cc2)=NN1c1cc(Cl)ccc1Cl. The third-order valence-electron chi connectivity index (χ3n) is 4.51. The van der Waals surface area contributed by atoms with Gasteiger partial charge >= 0.3 is 0 Å². The molecule has 0 radical (unpaired) electrons.